The molecule has 5 rings (SSSR count). The summed E-state index contributed by atoms with van der Waals surface area (Å²) in [4.78, 5) is 14.8. The van der Waals surface area contributed by atoms with E-state index in [1.54, 1.807) is 9.58 Å². The van der Waals surface area contributed by atoms with Crippen molar-refractivity contribution in [3.05, 3.63) is 47.2 Å². The lowest BCUT2D eigenvalue weighted by Gasteiger charge is -2.35. The lowest BCUT2D eigenvalue weighted by atomic mass is 10.0. The minimum absolute atomic E-state index is 0.0813. The Kier molecular flexibility index (Phi) is 3.73. The molecule has 0 radical (unpaired) electrons. The molecule has 3 heterocycles. The summed E-state index contributed by atoms with van der Waals surface area (Å²) in [6.45, 7) is 6.22. The zero-order valence-electron chi connectivity index (χ0n) is 16.3. The monoisotopic (exact) mass is 383 g/mol. The number of nitrogen functional groups attached to an aromatic ring is 1. The van der Waals surface area contributed by atoms with Gasteiger partial charge in [-0.15, -0.1) is 0 Å². The second kappa shape index (κ2) is 5.96. The van der Waals surface area contributed by atoms with E-state index in [0.717, 1.165) is 17.7 Å². The number of nitrogens with zero attached hydrogens (tertiary/aromatic N) is 3. The van der Waals surface area contributed by atoms with Gasteiger partial charge in [-0.1, -0.05) is 30.3 Å². The van der Waals surface area contributed by atoms with E-state index in [4.69, 9.17) is 15.2 Å². The largest absolute Gasteiger partial charge is 0.383 e. The third kappa shape index (κ3) is 2.59. The number of hydrogen-bond donors (Lipinski definition) is 2. The van der Waals surface area contributed by atoms with Crippen molar-refractivity contribution in [2.45, 2.75) is 63.9 Å². The predicted molar refractivity (Wildman–Crippen MR) is 102 cm³/mol. The summed E-state index contributed by atoms with van der Waals surface area (Å²) >= 11 is 0. The van der Waals surface area contributed by atoms with Gasteiger partial charge in [0.05, 0.1) is 17.8 Å². The molecule has 2 atom stereocenters. The lowest BCUT2D eigenvalue weighted by Crippen LogP contribution is -2.47. The number of carbonyl (C=O) groups excluding carboxylic acids is 1. The van der Waals surface area contributed by atoms with Crippen LogP contribution in [0.15, 0.2) is 30.3 Å². The van der Waals surface area contributed by atoms with Crippen LogP contribution in [0.4, 0.5) is 10.6 Å². The fourth-order valence-electron chi connectivity index (χ4n) is 4.21. The Morgan fingerprint density at radius 1 is 1.29 bits per heavy atom. The Morgan fingerprint density at radius 2 is 2.00 bits per heavy atom. The number of aromatic nitrogens is 2. The van der Waals surface area contributed by atoms with Gasteiger partial charge >= 0.3 is 6.03 Å². The second-order valence-electron chi connectivity index (χ2n) is 8.26. The van der Waals surface area contributed by atoms with Crippen LogP contribution in [0.1, 0.15) is 56.3 Å². The number of amides is 2. The van der Waals surface area contributed by atoms with Crippen LogP contribution in [0, 0.1) is 0 Å². The van der Waals surface area contributed by atoms with Gasteiger partial charge in [0.1, 0.15) is 5.82 Å². The molecule has 1 saturated heterocycles. The molecule has 148 valence electrons. The molecule has 1 aromatic carbocycles. The smallest absolute Gasteiger partial charge is 0.318 e. The number of hydrogen-bond acceptors (Lipinski definition) is 5. The number of anilines is 1. The van der Waals surface area contributed by atoms with E-state index < -0.39 is 12.0 Å². The van der Waals surface area contributed by atoms with E-state index in [0.29, 0.717) is 18.3 Å². The molecule has 3 N–H and O–H groups in total. The summed E-state index contributed by atoms with van der Waals surface area (Å²) < 4.78 is 12.6. The highest BCUT2D eigenvalue weighted by Gasteiger charge is 2.48. The Bertz CT molecular complexity index is 919. The first-order chi connectivity index (χ1) is 13.4. The zero-order chi connectivity index (χ0) is 19.6. The molecule has 0 bridgehead atoms. The summed E-state index contributed by atoms with van der Waals surface area (Å²) in [5, 5.41) is 7.78. The van der Waals surface area contributed by atoms with E-state index in [1.165, 1.54) is 5.56 Å². The number of urea groups is 1. The fourth-order valence-corrected chi connectivity index (χ4v) is 4.21. The van der Waals surface area contributed by atoms with Crippen LogP contribution in [0.2, 0.25) is 0 Å². The van der Waals surface area contributed by atoms with Crippen molar-refractivity contribution in [2.24, 2.45) is 0 Å². The molecule has 1 aliphatic carbocycles. The maximum Gasteiger partial charge on any atom is 0.318 e. The number of fused-ring (bicyclic) bond motifs is 1. The van der Waals surface area contributed by atoms with E-state index in [9.17, 15) is 4.79 Å². The van der Waals surface area contributed by atoms with Crippen LogP contribution in [0.25, 0.3) is 0 Å². The van der Waals surface area contributed by atoms with Gasteiger partial charge in [0.15, 0.2) is 6.29 Å². The minimum Gasteiger partial charge on any atom is -0.383 e. The van der Waals surface area contributed by atoms with Gasteiger partial charge in [-0.05, 0) is 32.8 Å². The van der Waals surface area contributed by atoms with E-state index in [1.807, 2.05) is 39.0 Å². The van der Waals surface area contributed by atoms with E-state index in [2.05, 4.69) is 22.5 Å². The fraction of sp³-hybridized carbons (Fsp3) is 0.500. The highest BCUT2D eigenvalue weighted by atomic mass is 16.9. The highest BCUT2D eigenvalue weighted by molar-refractivity contribution is 5.78. The number of nitrogens with one attached hydrogen (secondary N) is 1. The third-order valence-electron chi connectivity index (χ3n) is 6.01. The van der Waals surface area contributed by atoms with Crippen molar-refractivity contribution in [1.82, 2.24) is 20.0 Å². The number of carbonyl (C=O) groups is 1. The topological polar surface area (TPSA) is 94.6 Å². The molecule has 0 unspecified atom stereocenters. The summed E-state index contributed by atoms with van der Waals surface area (Å²) in [5.74, 6) is 0.881. The van der Waals surface area contributed by atoms with Gasteiger partial charge in [0, 0.05) is 17.5 Å². The Labute approximate surface area is 163 Å². The Morgan fingerprint density at radius 3 is 2.64 bits per heavy atom. The standard InChI is InChI=1S/C20H25N5O3/c1-11-27-19(28-11)25-17(21)14-10-24(20(2,3)16(14)23-25)18(26)22-15-9-13(15)12-7-5-4-6-8-12/h4-8,11,13,15,19H,9-10,21H2,1-3H3,(H,22,26)/t11?,13-,15+,19?/m0/s1. The molecule has 2 amide bonds. The molecule has 2 aromatic rings. The van der Waals surface area contributed by atoms with Crippen LogP contribution >= 0.6 is 0 Å². The summed E-state index contributed by atoms with van der Waals surface area (Å²) in [7, 11) is 0. The van der Waals surface area contributed by atoms with Gasteiger partial charge in [-0.3, -0.25) is 0 Å². The maximum absolute atomic E-state index is 13.0. The molecule has 2 aliphatic heterocycles. The first-order valence-corrected chi connectivity index (χ1v) is 9.67. The van der Waals surface area contributed by atoms with Gasteiger partial charge in [0.25, 0.3) is 6.41 Å². The summed E-state index contributed by atoms with van der Waals surface area (Å²) in [6.07, 6.45) is 0.129. The molecule has 1 saturated carbocycles. The number of rotatable bonds is 3. The highest BCUT2D eigenvalue weighted by Crippen LogP contribution is 2.44. The number of benzene rings is 1. The van der Waals surface area contributed by atoms with Crippen molar-refractivity contribution in [3.63, 3.8) is 0 Å². The zero-order valence-corrected chi connectivity index (χ0v) is 16.3. The molecule has 0 spiro atoms. The summed E-state index contributed by atoms with van der Waals surface area (Å²) in [5.41, 5.74) is 8.65. The van der Waals surface area contributed by atoms with Crippen LogP contribution < -0.4 is 11.1 Å². The quantitative estimate of drug-likeness (QED) is 0.850. The molecular weight excluding hydrogens is 358 g/mol. The molecule has 1 aromatic heterocycles. The molecule has 28 heavy (non-hydrogen) atoms. The maximum atomic E-state index is 13.0. The van der Waals surface area contributed by atoms with Gasteiger partial charge < -0.3 is 25.4 Å². The van der Waals surface area contributed by atoms with E-state index >= 15 is 0 Å². The Hall–Kier alpha value is -2.58. The van der Waals surface area contributed by atoms with Gasteiger partial charge in [-0.25, -0.2) is 4.79 Å². The van der Waals surface area contributed by atoms with Crippen molar-refractivity contribution in [1.29, 1.82) is 0 Å². The number of ether oxygens (including phenoxy) is 2. The van der Waals surface area contributed by atoms with Crippen LogP contribution in [-0.2, 0) is 21.6 Å². The minimum atomic E-state index is -0.586. The van der Waals surface area contributed by atoms with Crippen LogP contribution in [0.5, 0.6) is 0 Å². The van der Waals surface area contributed by atoms with Crippen molar-refractivity contribution < 1.29 is 14.3 Å². The second-order valence-corrected chi connectivity index (χ2v) is 8.26. The molecule has 8 nitrogen and oxygen atoms in total. The van der Waals surface area contributed by atoms with E-state index in [-0.39, 0.29) is 18.4 Å². The van der Waals surface area contributed by atoms with Crippen molar-refractivity contribution in [3.8, 4) is 0 Å². The predicted octanol–water partition coefficient (Wildman–Crippen LogP) is 2.63. The molecule has 3 aliphatic rings. The average molecular weight is 383 g/mol. The first kappa shape index (κ1) is 17.5. The van der Waals surface area contributed by atoms with Crippen LogP contribution in [-0.4, -0.2) is 33.0 Å². The van der Waals surface area contributed by atoms with Gasteiger partial charge in [-0.2, -0.15) is 9.78 Å². The third-order valence-corrected chi connectivity index (χ3v) is 6.01. The normalized spacial score (nSPS) is 29.9. The molecule has 8 heteroatoms. The van der Waals surface area contributed by atoms with Gasteiger partial charge in [0.2, 0.25) is 0 Å². The Balaban J connectivity index is 1.29. The first-order valence-electron chi connectivity index (χ1n) is 9.67. The van der Waals surface area contributed by atoms with Crippen molar-refractivity contribution in [2.75, 3.05) is 5.73 Å². The molecule has 2 fully saturated rings. The van der Waals surface area contributed by atoms with Crippen LogP contribution in [0.3, 0.4) is 0 Å². The summed E-state index contributed by atoms with van der Waals surface area (Å²) in [6, 6.07) is 10.4. The lowest BCUT2D eigenvalue weighted by molar-refractivity contribution is -0.414. The average Bonchev–Trinajstić information content (AvgIpc) is 3.25. The SMILES string of the molecule is CC1OC(n2nc3c(c2N)CN(C(=O)N[C@@H]2C[C@H]2c2ccccc2)C3(C)C)O1. The number of nitrogens with two attached hydrogens (primary N) is 1. The molecular formula is C20H25N5O3. The van der Waals surface area contributed by atoms with Crippen molar-refractivity contribution >= 4 is 11.8 Å².